The summed E-state index contributed by atoms with van der Waals surface area (Å²) in [5, 5.41) is 1.75. The van der Waals surface area contributed by atoms with Crippen LogP contribution >= 0.6 is 0 Å². The van der Waals surface area contributed by atoms with Gasteiger partial charge in [-0.25, -0.2) is 13.1 Å². The molecule has 1 amide bonds. The van der Waals surface area contributed by atoms with E-state index >= 15 is 0 Å². The molecule has 1 aromatic rings. The molecule has 0 heterocycles. The van der Waals surface area contributed by atoms with Gasteiger partial charge in [-0.1, -0.05) is 19.1 Å². The van der Waals surface area contributed by atoms with Gasteiger partial charge >= 0.3 is 12.1 Å². The van der Waals surface area contributed by atoms with E-state index in [9.17, 15) is 26.4 Å². The molecule has 0 saturated heterocycles. The summed E-state index contributed by atoms with van der Waals surface area (Å²) in [5.41, 5.74) is 0.622. The second-order valence-electron chi connectivity index (χ2n) is 4.55. The fourth-order valence-electron chi connectivity index (χ4n) is 1.58. The third kappa shape index (κ3) is 5.64. The van der Waals surface area contributed by atoms with Crippen molar-refractivity contribution in [1.82, 2.24) is 10.0 Å². The van der Waals surface area contributed by atoms with Crippen molar-refractivity contribution in [2.24, 2.45) is 0 Å². The number of carbonyl (C=O) groups excluding carboxylic acids is 1. The SMILES string of the molecule is CCCNS(=O)(=O)c1ccc(CCNC(=O)C(F)(F)F)cc1. The highest BCUT2D eigenvalue weighted by atomic mass is 32.2. The summed E-state index contributed by atoms with van der Waals surface area (Å²) in [4.78, 5) is 10.7. The normalized spacial score (nSPS) is 12.2. The Balaban J connectivity index is 2.57. The van der Waals surface area contributed by atoms with Crippen LogP contribution in [-0.2, 0) is 21.2 Å². The molecule has 1 rings (SSSR count). The van der Waals surface area contributed by atoms with E-state index in [0.717, 1.165) is 0 Å². The smallest absolute Gasteiger partial charge is 0.348 e. The zero-order valence-corrected chi connectivity index (χ0v) is 12.7. The molecular weight excluding hydrogens is 321 g/mol. The number of nitrogens with one attached hydrogen (secondary N) is 2. The van der Waals surface area contributed by atoms with Crippen molar-refractivity contribution >= 4 is 15.9 Å². The highest BCUT2D eigenvalue weighted by molar-refractivity contribution is 7.89. The van der Waals surface area contributed by atoms with E-state index in [1.165, 1.54) is 24.3 Å². The molecule has 124 valence electrons. The molecule has 0 fully saturated rings. The van der Waals surface area contributed by atoms with Gasteiger partial charge in [0.1, 0.15) is 0 Å². The van der Waals surface area contributed by atoms with Crippen molar-refractivity contribution < 1.29 is 26.4 Å². The molecule has 1 aromatic carbocycles. The number of hydrogen-bond donors (Lipinski definition) is 2. The first kappa shape index (κ1) is 18.4. The van der Waals surface area contributed by atoms with Crippen LogP contribution in [0.25, 0.3) is 0 Å². The maximum atomic E-state index is 12.0. The first-order chi connectivity index (χ1) is 10.2. The summed E-state index contributed by atoms with van der Waals surface area (Å²) in [6.07, 6.45) is -4.07. The van der Waals surface area contributed by atoms with E-state index in [4.69, 9.17) is 0 Å². The molecule has 0 bridgehead atoms. The first-order valence-electron chi connectivity index (χ1n) is 6.60. The van der Waals surface area contributed by atoms with Gasteiger partial charge in [0, 0.05) is 13.1 Å². The van der Waals surface area contributed by atoms with Gasteiger partial charge in [0.25, 0.3) is 0 Å². The second kappa shape index (κ2) is 7.59. The second-order valence-corrected chi connectivity index (χ2v) is 6.31. The fraction of sp³-hybridized carbons (Fsp3) is 0.462. The van der Waals surface area contributed by atoms with Gasteiger partial charge in [-0.05, 0) is 30.5 Å². The van der Waals surface area contributed by atoms with Crippen molar-refractivity contribution in [1.29, 1.82) is 0 Å². The van der Waals surface area contributed by atoms with Crippen molar-refractivity contribution in [2.75, 3.05) is 13.1 Å². The number of carbonyl (C=O) groups is 1. The van der Waals surface area contributed by atoms with E-state index in [0.29, 0.717) is 18.5 Å². The molecule has 22 heavy (non-hydrogen) atoms. The predicted octanol–water partition coefficient (Wildman–Crippen LogP) is 1.60. The lowest BCUT2D eigenvalue weighted by atomic mass is 10.1. The molecule has 0 spiro atoms. The van der Waals surface area contributed by atoms with Crippen molar-refractivity contribution in [3.8, 4) is 0 Å². The van der Waals surface area contributed by atoms with Crippen molar-refractivity contribution in [3.63, 3.8) is 0 Å². The van der Waals surface area contributed by atoms with Crippen LogP contribution in [0.1, 0.15) is 18.9 Å². The number of amides is 1. The number of rotatable bonds is 7. The van der Waals surface area contributed by atoms with E-state index in [1.54, 1.807) is 5.32 Å². The molecular formula is C13H17F3N2O3S. The quantitative estimate of drug-likeness (QED) is 0.793. The molecule has 0 radical (unpaired) electrons. The van der Waals surface area contributed by atoms with Gasteiger partial charge in [-0.15, -0.1) is 0 Å². The lowest BCUT2D eigenvalue weighted by Crippen LogP contribution is -2.37. The summed E-state index contributed by atoms with van der Waals surface area (Å²) >= 11 is 0. The minimum absolute atomic E-state index is 0.0871. The molecule has 2 N–H and O–H groups in total. The average molecular weight is 338 g/mol. The van der Waals surface area contributed by atoms with E-state index in [-0.39, 0.29) is 17.9 Å². The monoisotopic (exact) mass is 338 g/mol. The van der Waals surface area contributed by atoms with Crippen LogP contribution in [0, 0.1) is 0 Å². The van der Waals surface area contributed by atoms with Crippen LogP contribution in [-0.4, -0.2) is 33.6 Å². The van der Waals surface area contributed by atoms with Gasteiger partial charge in [-0.3, -0.25) is 4.79 Å². The third-order valence-corrected chi connectivity index (χ3v) is 4.21. The largest absolute Gasteiger partial charge is 0.471 e. The molecule has 0 aliphatic carbocycles. The van der Waals surface area contributed by atoms with Crippen LogP contribution in [0.15, 0.2) is 29.2 Å². The Morgan fingerprint density at radius 3 is 2.23 bits per heavy atom. The van der Waals surface area contributed by atoms with Gasteiger partial charge in [0.15, 0.2) is 0 Å². The van der Waals surface area contributed by atoms with Gasteiger partial charge in [-0.2, -0.15) is 13.2 Å². The minimum atomic E-state index is -4.90. The zero-order chi connectivity index (χ0) is 16.8. The predicted molar refractivity (Wildman–Crippen MR) is 74.7 cm³/mol. The molecule has 0 aliphatic heterocycles. The van der Waals surface area contributed by atoms with Crippen LogP contribution < -0.4 is 10.0 Å². The number of sulfonamides is 1. The number of benzene rings is 1. The van der Waals surface area contributed by atoms with Gasteiger partial charge in [0.05, 0.1) is 4.90 Å². The molecule has 0 aromatic heterocycles. The van der Waals surface area contributed by atoms with Crippen molar-refractivity contribution in [2.45, 2.75) is 30.8 Å². The minimum Gasteiger partial charge on any atom is -0.348 e. The maximum Gasteiger partial charge on any atom is 0.471 e. The summed E-state index contributed by atoms with van der Waals surface area (Å²) in [5.74, 6) is -1.99. The van der Waals surface area contributed by atoms with Crippen LogP contribution in [0.3, 0.4) is 0 Å². The van der Waals surface area contributed by atoms with Crippen LogP contribution in [0.5, 0.6) is 0 Å². The number of alkyl halides is 3. The van der Waals surface area contributed by atoms with E-state index in [2.05, 4.69) is 4.72 Å². The Morgan fingerprint density at radius 2 is 1.73 bits per heavy atom. The molecule has 0 unspecified atom stereocenters. The fourth-order valence-corrected chi connectivity index (χ4v) is 2.71. The van der Waals surface area contributed by atoms with E-state index < -0.39 is 22.1 Å². The van der Waals surface area contributed by atoms with Crippen LogP contribution in [0.4, 0.5) is 13.2 Å². The lowest BCUT2D eigenvalue weighted by molar-refractivity contribution is -0.173. The van der Waals surface area contributed by atoms with E-state index in [1.807, 2.05) is 6.92 Å². The maximum absolute atomic E-state index is 12.0. The van der Waals surface area contributed by atoms with Crippen LogP contribution in [0.2, 0.25) is 0 Å². The molecule has 9 heteroatoms. The summed E-state index contributed by atoms with van der Waals surface area (Å²) in [6, 6.07) is 5.75. The Morgan fingerprint density at radius 1 is 1.14 bits per heavy atom. The summed E-state index contributed by atoms with van der Waals surface area (Å²) in [7, 11) is -3.56. The first-order valence-corrected chi connectivity index (χ1v) is 8.08. The lowest BCUT2D eigenvalue weighted by Gasteiger charge is -2.09. The zero-order valence-electron chi connectivity index (χ0n) is 11.9. The summed E-state index contributed by atoms with van der Waals surface area (Å²) < 4.78 is 62.0. The Bertz CT molecular complexity index is 598. The van der Waals surface area contributed by atoms with Gasteiger partial charge < -0.3 is 5.32 Å². The Hall–Kier alpha value is -1.61. The average Bonchev–Trinajstić information content (AvgIpc) is 2.44. The molecule has 5 nitrogen and oxygen atoms in total. The summed E-state index contributed by atoms with van der Waals surface area (Å²) in [6.45, 7) is 1.98. The van der Waals surface area contributed by atoms with Crippen molar-refractivity contribution in [3.05, 3.63) is 29.8 Å². The van der Waals surface area contributed by atoms with Gasteiger partial charge in [0.2, 0.25) is 10.0 Å². The third-order valence-electron chi connectivity index (χ3n) is 2.73. The highest BCUT2D eigenvalue weighted by Gasteiger charge is 2.38. The standard InChI is InChI=1S/C13H17F3N2O3S/c1-2-8-18-22(20,21)11-5-3-10(4-6-11)7-9-17-12(19)13(14,15)16/h3-6,18H,2,7-9H2,1H3,(H,17,19). The topological polar surface area (TPSA) is 75.3 Å². The number of hydrogen-bond acceptors (Lipinski definition) is 3. The number of halogens is 3. The Kier molecular flexibility index (Phi) is 6.36. The molecule has 0 saturated carbocycles. The Labute approximate surface area is 127 Å². The molecule has 0 atom stereocenters. The molecule has 0 aliphatic rings. The highest BCUT2D eigenvalue weighted by Crippen LogP contribution is 2.14.